The predicted octanol–water partition coefficient (Wildman–Crippen LogP) is 4.12. The summed E-state index contributed by atoms with van der Waals surface area (Å²) in [5, 5.41) is 13.5. The lowest BCUT2D eigenvalue weighted by Gasteiger charge is -2.27. The second-order valence-corrected chi connectivity index (χ2v) is 10.5. The lowest BCUT2D eigenvalue weighted by Crippen LogP contribution is -2.34. The Labute approximate surface area is 223 Å². The van der Waals surface area contributed by atoms with Crippen LogP contribution in [0, 0.1) is 5.82 Å². The van der Waals surface area contributed by atoms with Gasteiger partial charge in [-0.3, -0.25) is 9.69 Å². The fourth-order valence-electron chi connectivity index (χ4n) is 5.58. The Kier molecular flexibility index (Phi) is 9.22. The first-order chi connectivity index (χ1) is 18.6. The van der Waals surface area contributed by atoms with Crippen molar-refractivity contribution >= 4 is 11.8 Å². The zero-order valence-electron chi connectivity index (χ0n) is 21.9. The van der Waals surface area contributed by atoms with Crippen molar-refractivity contribution in [3.05, 3.63) is 58.5 Å². The first kappa shape index (κ1) is 27.0. The van der Waals surface area contributed by atoms with Gasteiger partial charge in [0.05, 0.1) is 25.4 Å². The number of aliphatic carboxylic acids is 1. The van der Waals surface area contributed by atoms with Crippen LogP contribution in [0.5, 0.6) is 0 Å². The van der Waals surface area contributed by atoms with E-state index in [9.17, 15) is 14.3 Å². The highest BCUT2D eigenvalue weighted by atomic mass is 19.1. The third kappa shape index (κ3) is 6.88. The minimum atomic E-state index is -0.992. The van der Waals surface area contributed by atoms with Crippen molar-refractivity contribution < 1.29 is 28.5 Å². The zero-order chi connectivity index (χ0) is 26.3. The van der Waals surface area contributed by atoms with Gasteiger partial charge in [-0.1, -0.05) is 12.1 Å². The molecule has 0 amide bonds. The molecule has 2 fully saturated rings. The summed E-state index contributed by atoms with van der Waals surface area (Å²) in [6, 6.07) is 7.70. The molecule has 9 heteroatoms. The van der Waals surface area contributed by atoms with Crippen LogP contribution in [0.15, 0.2) is 30.3 Å². The van der Waals surface area contributed by atoms with Crippen LogP contribution < -0.4 is 5.32 Å². The molecule has 0 saturated carbocycles. The topological polar surface area (TPSA) is 93.2 Å². The number of rotatable bonds is 12. The molecular weight excluding hydrogens is 489 g/mol. The molecule has 3 aliphatic heterocycles. The van der Waals surface area contributed by atoms with Crippen LogP contribution in [-0.4, -0.2) is 72.6 Å². The fraction of sp³-hybridized carbons (Fsp3) is 0.586. The minimum absolute atomic E-state index is 0.0135. The number of hydrogen-bond donors (Lipinski definition) is 2. The number of aryl methyl sites for hydroxylation is 2. The van der Waals surface area contributed by atoms with Gasteiger partial charge in [-0.2, -0.15) is 0 Å². The molecule has 206 valence electrons. The number of benzene rings is 1. The van der Waals surface area contributed by atoms with E-state index >= 15 is 0 Å². The van der Waals surface area contributed by atoms with Crippen LogP contribution in [0.4, 0.5) is 10.2 Å². The summed E-state index contributed by atoms with van der Waals surface area (Å²) in [5.41, 5.74) is 3.55. The van der Waals surface area contributed by atoms with Crippen molar-refractivity contribution in [1.29, 1.82) is 0 Å². The van der Waals surface area contributed by atoms with Gasteiger partial charge >= 0.3 is 5.97 Å². The second kappa shape index (κ2) is 13.0. The van der Waals surface area contributed by atoms with Gasteiger partial charge in [0.1, 0.15) is 17.7 Å². The van der Waals surface area contributed by atoms with E-state index in [4.69, 9.17) is 19.2 Å². The smallest absolute Gasteiger partial charge is 0.325 e. The number of nitrogens with zero attached hydrogens (tertiary/aromatic N) is 2. The maximum absolute atomic E-state index is 14.2. The van der Waals surface area contributed by atoms with Crippen LogP contribution in [0.1, 0.15) is 60.5 Å². The summed E-state index contributed by atoms with van der Waals surface area (Å²) in [7, 11) is 0. The van der Waals surface area contributed by atoms with Gasteiger partial charge in [0.15, 0.2) is 0 Å². The van der Waals surface area contributed by atoms with E-state index in [-0.39, 0.29) is 18.8 Å². The Morgan fingerprint density at radius 2 is 2.13 bits per heavy atom. The average Bonchev–Trinajstić information content (AvgIpc) is 3.60. The Hall–Kier alpha value is -2.59. The van der Waals surface area contributed by atoms with E-state index in [2.05, 4.69) is 17.4 Å². The predicted molar refractivity (Wildman–Crippen MR) is 141 cm³/mol. The third-order valence-corrected chi connectivity index (χ3v) is 7.67. The molecule has 1 aromatic carbocycles. The van der Waals surface area contributed by atoms with Gasteiger partial charge in [0, 0.05) is 38.5 Å². The highest BCUT2D eigenvalue weighted by Crippen LogP contribution is 2.31. The zero-order valence-corrected chi connectivity index (χ0v) is 21.9. The van der Waals surface area contributed by atoms with E-state index in [0.29, 0.717) is 44.0 Å². The summed E-state index contributed by atoms with van der Waals surface area (Å²) < 4.78 is 31.6. The summed E-state index contributed by atoms with van der Waals surface area (Å²) >= 11 is 0. The van der Waals surface area contributed by atoms with Crippen LogP contribution in [0.2, 0.25) is 0 Å². The lowest BCUT2D eigenvalue weighted by atomic mass is 9.99. The van der Waals surface area contributed by atoms with E-state index < -0.39 is 17.8 Å². The van der Waals surface area contributed by atoms with E-state index in [1.807, 2.05) is 4.90 Å². The van der Waals surface area contributed by atoms with E-state index in [1.165, 1.54) is 17.7 Å². The summed E-state index contributed by atoms with van der Waals surface area (Å²) in [4.78, 5) is 19.0. The first-order valence-electron chi connectivity index (χ1n) is 13.9. The molecule has 0 radical (unpaired) electrons. The molecule has 0 spiro atoms. The molecule has 8 nitrogen and oxygen atoms in total. The van der Waals surface area contributed by atoms with Crippen molar-refractivity contribution in [3.63, 3.8) is 0 Å². The number of ether oxygens (including phenoxy) is 3. The maximum atomic E-state index is 14.2. The standard InChI is InChI=1S/C29H38FN3O5/c30-22-8-6-21(18-38-25-11-15-36-19-25)26(16-22)27(29(34)35)33-13-10-24(17-33)37-14-2-1-5-23-9-7-20-4-3-12-31-28(20)32-23/h6-9,16,24-25,27H,1-5,10-15,17-19H2,(H,31,32)(H,34,35)/t24?,25-,27?/m1/s1. The molecule has 2 N–H and O–H groups in total. The molecule has 3 aliphatic rings. The molecule has 2 aromatic rings. The maximum Gasteiger partial charge on any atom is 0.325 e. The minimum Gasteiger partial charge on any atom is -0.480 e. The number of halogens is 1. The highest BCUT2D eigenvalue weighted by molar-refractivity contribution is 5.76. The monoisotopic (exact) mass is 527 g/mol. The number of pyridine rings is 1. The lowest BCUT2D eigenvalue weighted by molar-refractivity contribution is -0.143. The second-order valence-electron chi connectivity index (χ2n) is 10.5. The molecule has 38 heavy (non-hydrogen) atoms. The first-order valence-corrected chi connectivity index (χ1v) is 13.9. The van der Waals surface area contributed by atoms with Gasteiger partial charge in [-0.05, 0) is 79.8 Å². The quantitative estimate of drug-likeness (QED) is 0.398. The fourth-order valence-corrected chi connectivity index (χ4v) is 5.58. The summed E-state index contributed by atoms with van der Waals surface area (Å²) in [6.45, 7) is 4.13. The number of fused-ring (bicyclic) bond motifs is 1. The van der Waals surface area contributed by atoms with Crippen molar-refractivity contribution in [2.24, 2.45) is 0 Å². The summed E-state index contributed by atoms with van der Waals surface area (Å²) in [5.74, 6) is -0.409. The Balaban J connectivity index is 1.11. The van der Waals surface area contributed by atoms with Crippen LogP contribution in [0.25, 0.3) is 0 Å². The number of carboxylic acid groups (broad SMARTS) is 1. The van der Waals surface area contributed by atoms with Crippen LogP contribution in [-0.2, 0) is 38.5 Å². The molecule has 0 aliphatic carbocycles. The molecular formula is C29H38FN3O5. The summed E-state index contributed by atoms with van der Waals surface area (Å²) in [6.07, 6.45) is 6.58. The SMILES string of the molecule is O=C(O)C(c1cc(F)ccc1CO[C@@H]1CCOC1)N1CCC(OCCCCc2ccc3c(n2)NCCC3)C1. The highest BCUT2D eigenvalue weighted by Gasteiger charge is 2.35. The molecule has 1 aromatic heterocycles. The normalized spacial score (nSPS) is 22.2. The van der Waals surface area contributed by atoms with Gasteiger partial charge in [0.2, 0.25) is 0 Å². The molecule has 2 unspecified atom stereocenters. The van der Waals surface area contributed by atoms with Crippen molar-refractivity contribution in [2.45, 2.75) is 69.8 Å². The molecule has 5 rings (SSSR count). The molecule has 3 atom stereocenters. The number of nitrogens with one attached hydrogen (secondary N) is 1. The number of likely N-dealkylation sites (tertiary alicyclic amines) is 1. The van der Waals surface area contributed by atoms with Crippen molar-refractivity contribution in [3.8, 4) is 0 Å². The van der Waals surface area contributed by atoms with Crippen molar-refractivity contribution in [2.75, 3.05) is 44.8 Å². The van der Waals surface area contributed by atoms with Gasteiger partial charge in [-0.25, -0.2) is 9.37 Å². The average molecular weight is 528 g/mol. The molecule has 0 bridgehead atoms. The van der Waals surface area contributed by atoms with Gasteiger partial charge < -0.3 is 24.6 Å². The third-order valence-electron chi connectivity index (χ3n) is 7.67. The molecule has 2 saturated heterocycles. The largest absolute Gasteiger partial charge is 0.480 e. The van der Waals surface area contributed by atoms with Crippen molar-refractivity contribution in [1.82, 2.24) is 9.88 Å². The number of unbranched alkanes of at least 4 members (excludes halogenated alkanes) is 1. The number of hydrogen-bond acceptors (Lipinski definition) is 7. The van der Waals surface area contributed by atoms with Crippen LogP contribution in [0.3, 0.4) is 0 Å². The number of carbonyl (C=O) groups is 1. The van der Waals surface area contributed by atoms with Gasteiger partial charge in [0.25, 0.3) is 0 Å². The Morgan fingerprint density at radius 1 is 1.21 bits per heavy atom. The van der Waals surface area contributed by atoms with E-state index in [1.54, 1.807) is 6.07 Å². The number of aromatic nitrogens is 1. The van der Waals surface area contributed by atoms with Gasteiger partial charge in [-0.15, -0.1) is 0 Å². The van der Waals surface area contributed by atoms with E-state index in [0.717, 1.165) is 63.0 Å². The Morgan fingerprint density at radius 3 is 2.97 bits per heavy atom. The number of carboxylic acids is 1. The number of anilines is 1. The Bertz CT molecular complexity index is 1090. The van der Waals surface area contributed by atoms with Crippen LogP contribution >= 0.6 is 0 Å². The molecule has 4 heterocycles.